The summed E-state index contributed by atoms with van der Waals surface area (Å²) in [5, 5.41) is 5.54. The lowest BCUT2D eigenvalue weighted by Crippen LogP contribution is -2.25. The van der Waals surface area contributed by atoms with Gasteiger partial charge < -0.3 is 0 Å². The van der Waals surface area contributed by atoms with E-state index in [9.17, 15) is 4.79 Å². The summed E-state index contributed by atoms with van der Waals surface area (Å²) in [7, 11) is 0. The third-order valence-electron chi connectivity index (χ3n) is 5.15. The van der Waals surface area contributed by atoms with Crippen LogP contribution in [0.1, 0.15) is 60.8 Å². The highest BCUT2D eigenvalue weighted by Gasteiger charge is 2.38. The number of hydrogen-bond acceptors (Lipinski definition) is 2. The van der Waals surface area contributed by atoms with E-state index in [1.54, 1.807) is 0 Å². The summed E-state index contributed by atoms with van der Waals surface area (Å²) in [6, 6.07) is 7.74. The minimum absolute atomic E-state index is 0.278. The number of ketones is 1. The molecular formula is C19H21ClN2O. The second kappa shape index (κ2) is 5.48. The van der Waals surface area contributed by atoms with E-state index in [1.165, 1.54) is 0 Å². The SMILES string of the molecule is CC(C)C1CC(=O)c2c(C3CC3)nn(-c3cccc(Cl)c3)c2C1. The first-order valence-corrected chi connectivity index (χ1v) is 8.83. The van der Waals surface area contributed by atoms with Crippen LogP contribution in [-0.4, -0.2) is 15.6 Å². The van der Waals surface area contributed by atoms with Gasteiger partial charge in [-0.1, -0.05) is 31.5 Å². The van der Waals surface area contributed by atoms with Gasteiger partial charge in [0.15, 0.2) is 5.78 Å². The van der Waals surface area contributed by atoms with Crippen molar-refractivity contribution >= 4 is 17.4 Å². The van der Waals surface area contributed by atoms with Gasteiger partial charge in [-0.15, -0.1) is 0 Å². The predicted molar refractivity (Wildman–Crippen MR) is 91.5 cm³/mol. The smallest absolute Gasteiger partial charge is 0.166 e. The van der Waals surface area contributed by atoms with Gasteiger partial charge in [-0.05, 0) is 49.3 Å². The van der Waals surface area contributed by atoms with Gasteiger partial charge in [0.05, 0.1) is 22.6 Å². The Balaban J connectivity index is 1.87. The number of fused-ring (bicyclic) bond motifs is 1. The van der Waals surface area contributed by atoms with Crippen molar-refractivity contribution in [2.24, 2.45) is 11.8 Å². The molecule has 1 heterocycles. The lowest BCUT2D eigenvalue weighted by Gasteiger charge is -2.25. The molecule has 0 saturated heterocycles. The van der Waals surface area contributed by atoms with E-state index in [0.717, 1.165) is 41.9 Å². The van der Waals surface area contributed by atoms with Crippen molar-refractivity contribution in [2.45, 2.75) is 45.4 Å². The monoisotopic (exact) mass is 328 g/mol. The lowest BCUT2D eigenvalue weighted by atomic mass is 9.79. The van der Waals surface area contributed by atoms with E-state index in [4.69, 9.17) is 16.7 Å². The van der Waals surface area contributed by atoms with Gasteiger partial charge in [0.25, 0.3) is 0 Å². The molecule has 0 aliphatic heterocycles. The standard InChI is InChI=1S/C19H21ClN2O/c1-11(2)13-8-16-18(17(23)9-13)19(12-6-7-12)21-22(16)15-5-3-4-14(20)10-15/h3-5,10-13H,6-9H2,1-2H3. The Kier molecular flexibility index (Phi) is 3.56. The Morgan fingerprint density at radius 3 is 2.70 bits per heavy atom. The summed E-state index contributed by atoms with van der Waals surface area (Å²) in [6.07, 6.45) is 3.89. The molecule has 1 saturated carbocycles. The van der Waals surface area contributed by atoms with Crippen LogP contribution in [0.15, 0.2) is 24.3 Å². The van der Waals surface area contributed by atoms with Gasteiger partial charge in [0.1, 0.15) is 0 Å². The molecule has 0 radical (unpaired) electrons. The Hall–Kier alpha value is -1.61. The minimum Gasteiger partial charge on any atom is -0.294 e. The van der Waals surface area contributed by atoms with Crippen LogP contribution in [0.3, 0.4) is 0 Å². The highest BCUT2D eigenvalue weighted by atomic mass is 35.5. The normalized spacial score (nSPS) is 20.9. The maximum Gasteiger partial charge on any atom is 0.166 e. The van der Waals surface area contributed by atoms with E-state index in [0.29, 0.717) is 29.2 Å². The number of halogens is 1. The second-order valence-corrected chi connectivity index (χ2v) is 7.64. The molecule has 1 aromatic heterocycles. The van der Waals surface area contributed by atoms with Crippen LogP contribution in [0.25, 0.3) is 5.69 Å². The number of rotatable bonds is 3. The molecule has 1 aromatic carbocycles. The lowest BCUT2D eigenvalue weighted by molar-refractivity contribution is 0.0931. The predicted octanol–water partition coefficient (Wildman–Crippen LogP) is 4.80. The maximum atomic E-state index is 12.8. The Morgan fingerprint density at radius 1 is 1.26 bits per heavy atom. The Morgan fingerprint density at radius 2 is 2.04 bits per heavy atom. The molecule has 120 valence electrons. The van der Waals surface area contributed by atoms with Crippen LogP contribution in [-0.2, 0) is 6.42 Å². The fourth-order valence-corrected chi connectivity index (χ4v) is 3.74. The van der Waals surface area contributed by atoms with Crippen LogP contribution in [0.5, 0.6) is 0 Å². The van der Waals surface area contributed by atoms with Crippen LogP contribution in [0.4, 0.5) is 0 Å². The molecule has 23 heavy (non-hydrogen) atoms. The average Bonchev–Trinajstić information content (AvgIpc) is 3.28. The van der Waals surface area contributed by atoms with Crippen molar-refractivity contribution in [1.29, 1.82) is 0 Å². The van der Waals surface area contributed by atoms with E-state index in [-0.39, 0.29) is 5.78 Å². The van der Waals surface area contributed by atoms with Gasteiger partial charge >= 0.3 is 0 Å². The summed E-state index contributed by atoms with van der Waals surface area (Å²) < 4.78 is 1.97. The van der Waals surface area contributed by atoms with Crippen molar-refractivity contribution in [1.82, 2.24) is 9.78 Å². The van der Waals surface area contributed by atoms with Gasteiger partial charge in [0.2, 0.25) is 0 Å². The molecule has 3 nitrogen and oxygen atoms in total. The van der Waals surface area contributed by atoms with E-state index in [1.807, 2.05) is 28.9 Å². The number of carbonyl (C=O) groups is 1. The molecule has 1 atom stereocenters. The number of Topliss-reactive ketones (excluding diaryl/α,β-unsaturated/α-hetero) is 1. The quantitative estimate of drug-likeness (QED) is 0.810. The van der Waals surface area contributed by atoms with Gasteiger partial charge in [0, 0.05) is 17.4 Å². The fraction of sp³-hybridized carbons (Fsp3) is 0.474. The molecule has 0 amide bonds. The first-order valence-electron chi connectivity index (χ1n) is 8.45. The number of benzene rings is 1. The zero-order chi connectivity index (χ0) is 16.1. The van der Waals surface area contributed by atoms with Gasteiger partial charge in [-0.2, -0.15) is 5.10 Å². The highest BCUT2D eigenvalue weighted by molar-refractivity contribution is 6.30. The fourth-order valence-electron chi connectivity index (χ4n) is 3.56. The van der Waals surface area contributed by atoms with Crippen molar-refractivity contribution < 1.29 is 4.79 Å². The molecule has 1 unspecified atom stereocenters. The van der Waals surface area contributed by atoms with E-state index < -0.39 is 0 Å². The summed E-state index contributed by atoms with van der Waals surface area (Å²) in [6.45, 7) is 4.40. The first kappa shape index (κ1) is 14.9. The zero-order valence-corrected chi connectivity index (χ0v) is 14.3. The van der Waals surface area contributed by atoms with Crippen molar-refractivity contribution in [3.63, 3.8) is 0 Å². The van der Waals surface area contributed by atoms with Gasteiger partial charge in [-0.25, -0.2) is 4.68 Å². The maximum absolute atomic E-state index is 12.8. The van der Waals surface area contributed by atoms with Crippen LogP contribution < -0.4 is 0 Å². The molecule has 4 heteroatoms. The molecule has 4 rings (SSSR count). The second-order valence-electron chi connectivity index (χ2n) is 7.21. The molecule has 2 aliphatic carbocycles. The van der Waals surface area contributed by atoms with E-state index >= 15 is 0 Å². The molecule has 0 spiro atoms. The summed E-state index contributed by atoms with van der Waals surface area (Å²) in [5.41, 5.74) is 3.97. The number of carbonyl (C=O) groups excluding carboxylic acids is 1. The largest absolute Gasteiger partial charge is 0.294 e. The topological polar surface area (TPSA) is 34.9 Å². The first-order chi connectivity index (χ1) is 11.0. The highest BCUT2D eigenvalue weighted by Crippen LogP contribution is 2.44. The van der Waals surface area contributed by atoms with E-state index in [2.05, 4.69) is 13.8 Å². The third kappa shape index (κ3) is 2.61. The Labute approximate surface area is 141 Å². The van der Waals surface area contributed by atoms with Crippen molar-refractivity contribution in [3.8, 4) is 5.69 Å². The van der Waals surface area contributed by atoms with Crippen molar-refractivity contribution in [3.05, 3.63) is 46.2 Å². The van der Waals surface area contributed by atoms with Crippen LogP contribution in [0.2, 0.25) is 5.02 Å². The summed E-state index contributed by atoms with van der Waals surface area (Å²) in [5.74, 6) is 1.65. The van der Waals surface area contributed by atoms with Crippen molar-refractivity contribution in [2.75, 3.05) is 0 Å². The minimum atomic E-state index is 0.278. The third-order valence-corrected chi connectivity index (χ3v) is 5.38. The summed E-state index contributed by atoms with van der Waals surface area (Å²) >= 11 is 6.16. The van der Waals surface area contributed by atoms with Crippen LogP contribution >= 0.6 is 11.6 Å². The van der Waals surface area contributed by atoms with Crippen LogP contribution in [0, 0.1) is 11.8 Å². The molecule has 0 N–H and O–H groups in total. The molecule has 2 aliphatic rings. The molecular weight excluding hydrogens is 308 g/mol. The summed E-state index contributed by atoms with van der Waals surface area (Å²) in [4.78, 5) is 12.8. The number of hydrogen-bond donors (Lipinski definition) is 0. The molecule has 2 aromatic rings. The van der Waals surface area contributed by atoms with Gasteiger partial charge in [-0.3, -0.25) is 4.79 Å². The zero-order valence-electron chi connectivity index (χ0n) is 13.6. The molecule has 0 bridgehead atoms. The molecule has 1 fully saturated rings. The Bertz CT molecular complexity index is 774. The number of aromatic nitrogens is 2. The average molecular weight is 329 g/mol. The number of nitrogens with zero attached hydrogens (tertiary/aromatic N) is 2.